The number of alkyl halides is 2. The highest BCUT2D eigenvalue weighted by molar-refractivity contribution is 9.10. The van der Waals surface area contributed by atoms with E-state index in [2.05, 4.69) is 57.1 Å². The third-order valence-corrected chi connectivity index (χ3v) is 5.51. The molecule has 0 aromatic rings. The second-order valence-electron chi connectivity index (χ2n) is 4.45. The van der Waals surface area contributed by atoms with E-state index in [1.54, 1.807) is 13.8 Å². The standard InChI is InChI=1S/C11H18Br2O4S2/c1-10(2,7-12)11(13,16-8(14)3-5-18)17-9(15)4-6-19/h18-19H,3-7H2,1-2H3. The number of carbonyl (C=O) groups excluding carboxylic acids is 2. The lowest BCUT2D eigenvalue weighted by atomic mass is 9.95. The number of esters is 2. The zero-order valence-corrected chi connectivity index (χ0v) is 15.8. The Bertz CT molecular complexity index is 304. The average Bonchev–Trinajstić information content (AvgIpc) is 2.28. The van der Waals surface area contributed by atoms with E-state index in [0.717, 1.165) is 0 Å². The molecule has 0 fully saturated rings. The Labute approximate surface area is 141 Å². The number of halogens is 2. The maximum Gasteiger partial charge on any atom is 0.319 e. The SMILES string of the molecule is CC(C)(CBr)C(Br)(OC(=O)CCS)OC(=O)CCS. The summed E-state index contributed by atoms with van der Waals surface area (Å²) in [4.78, 5) is 23.3. The van der Waals surface area contributed by atoms with Crippen molar-refractivity contribution < 1.29 is 19.1 Å². The minimum atomic E-state index is -1.51. The van der Waals surface area contributed by atoms with E-state index in [0.29, 0.717) is 16.8 Å². The van der Waals surface area contributed by atoms with E-state index >= 15 is 0 Å². The van der Waals surface area contributed by atoms with Crippen LogP contribution in [0.3, 0.4) is 0 Å². The zero-order chi connectivity index (χ0) is 15.1. The number of thiol groups is 2. The van der Waals surface area contributed by atoms with Crippen molar-refractivity contribution in [2.75, 3.05) is 16.8 Å². The van der Waals surface area contributed by atoms with Crippen LogP contribution in [-0.4, -0.2) is 33.5 Å². The van der Waals surface area contributed by atoms with Gasteiger partial charge in [0.1, 0.15) is 0 Å². The van der Waals surface area contributed by atoms with Crippen LogP contribution in [0.2, 0.25) is 0 Å². The largest absolute Gasteiger partial charge is 0.412 e. The van der Waals surface area contributed by atoms with Crippen LogP contribution in [0.1, 0.15) is 26.7 Å². The molecule has 0 saturated heterocycles. The first kappa shape index (κ1) is 19.6. The third kappa shape index (κ3) is 6.27. The molecule has 112 valence electrons. The average molecular weight is 438 g/mol. The Hall–Kier alpha value is 0.600. The van der Waals surface area contributed by atoms with Crippen LogP contribution in [-0.2, 0) is 19.1 Å². The highest BCUT2D eigenvalue weighted by Gasteiger charge is 2.49. The Kier molecular flexibility index (Phi) is 9.07. The molecular weight excluding hydrogens is 420 g/mol. The zero-order valence-electron chi connectivity index (χ0n) is 10.8. The first-order chi connectivity index (χ1) is 8.72. The van der Waals surface area contributed by atoms with Gasteiger partial charge in [-0.3, -0.25) is 9.59 Å². The molecule has 0 bridgehead atoms. The molecule has 0 aliphatic heterocycles. The van der Waals surface area contributed by atoms with Gasteiger partial charge in [0.2, 0.25) is 0 Å². The molecule has 0 unspecified atom stereocenters. The van der Waals surface area contributed by atoms with Crippen LogP contribution in [0.4, 0.5) is 0 Å². The van der Waals surface area contributed by atoms with Gasteiger partial charge in [0.25, 0.3) is 0 Å². The second-order valence-corrected chi connectivity index (χ2v) is 6.95. The van der Waals surface area contributed by atoms with Gasteiger partial charge in [-0.05, 0) is 0 Å². The fraction of sp³-hybridized carbons (Fsp3) is 0.818. The summed E-state index contributed by atoms with van der Waals surface area (Å²) >= 11 is 14.5. The maximum atomic E-state index is 11.6. The molecule has 0 N–H and O–H groups in total. The minimum Gasteiger partial charge on any atom is -0.412 e. The Morgan fingerprint density at radius 1 is 1.05 bits per heavy atom. The molecule has 0 saturated carbocycles. The normalized spacial score (nSPS) is 12.1. The molecule has 0 aromatic heterocycles. The molecule has 0 radical (unpaired) electrons. The van der Waals surface area contributed by atoms with Gasteiger partial charge in [0, 0.05) is 32.8 Å². The number of hydrogen-bond donors (Lipinski definition) is 2. The molecule has 0 rings (SSSR count). The van der Waals surface area contributed by atoms with E-state index in [1.165, 1.54) is 0 Å². The molecule has 0 aromatic carbocycles. The number of carbonyl (C=O) groups is 2. The highest BCUT2D eigenvalue weighted by atomic mass is 79.9. The van der Waals surface area contributed by atoms with Crippen molar-refractivity contribution in [1.82, 2.24) is 0 Å². The van der Waals surface area contributed by atoms with E-state index in [1.807, 2.05) is 0 Å². The molecule has 19 heavy (non-hydrogen) atoms. The van der Waals surface area contributed by atoms with Gasteiger partial charge < -0.3 is 9.47 Å². The summed E-state index contributed by atoms with van der Waals surface area (Å²) in [7, 11) is 0. The van der Waals surface area contributed by atoms with Crippen molar-refractivity contribution in [3.63, 3.8) is 0 Å². The van der Waals surface area contributed by atoms with Gasteiger partial charge >= 0.3 is 16.6 Å². The summed E-state index contributed by atoms with van der Waals surface area (Å²) in [6.45, 7) is 3.61. The maximum absolute atomic E-state index is 11.6. The summed E-state index contributed by atoms with van der Waals surface area (Å²) in [5.74, 6) is -0.248. The fourth-order valence-electron chi connectivity index (χ4n) is 0.954. The van der Waals surface area contributed by atoms with Crippen molar-refractivity contribution >= 4 is 69.1 Å². The number of hydrogen-bond acceptors (Lipinski definition) is 6. The topological polar surface area (TPSA) is 52.6 Å². The van der Waals surface area contributed by atoms with E-state index in [9.17, 15) is 9.59 Å². The summed E-state index contributed by atoms with van der Waals surface area (Å²) in [5.41, 5.74) is -0.647. The van der Waals surface area contributed by atoms with Crippen molar-refractivity contribution in [3.8, 4) is 0 Å². The number of ether oxygens (including phenoxy) is 2. The van der Waals surface area contributed by atoms with Gasteiger partial charge in [-0.15, -0.1) is 0 Å². The molecule has 0 amide bonds. The van der Waals surface area contributed by atoms with Crippen molar-refractivity contribution in [2.45, 2.75) is 31.4 Å². The smallest absolute Gasteiger partial charge is 0.319 e. The summed E-state index contributed by atoms with van der Waals surface area (Å²) < 4.78 is 9.05. The Morgan fingerprint density at radius 2 is 1.42 bits per heavy atom. The van der Waals surface area contributed by atoms with Crippen LogP contribution >= 0.6 is 57.1 Å². The minimum absolute atomic E-state index is 0.138. The molecule has 0 spiro atoms. The highest BCUT2D eigenvalue weighted by Crippen LogP contribution is 2.42. The fourth-order valence-corrected chi connectivity index (χ4v) is 2.57. The monoisotopic (exact) mass is 436 g/mol. The van der Waals surface area contributed by atoms with E-state index < -0.39 is 22.0 Å². The lowest BCUT2D eigenvalue weighted by Gasteiger charge is -2.39. The van der Waals surface area contributed by atoms with Crippen LogP contribution in [0.25, 0.3) is 0 Å². The first-order valence-electron chi connectivity index (χ1n) is 5.62. The van der Waals surface area contributed by atoms with Crippen molar-refractivity contribution in [3.05, 3.63) is 0 Å². The lowest BCUT2D eigenvalue weighted by Crippen LogP contribution is -2.48. The molecule has 0 heterocycles. The summed E-state index contributed by atoms with van der Waals surface area (Å²) in [5, 5.41) is 0.466. The van der Waals surface area contributed by atoms with Crippen LogP contribution in [0.15, 0.2) is 0 Å². The van der Waals surface area contributed by atoms with Gasteiger partial charge in [0.05, 0.1) is 18.3 Å². The Morgan fingerprint density at radius 3 is 1.68 bits per heavy atom. The summed E-state index contributed by atoms with van der Waals surface area (Å²) in [6.07, 6.45) is 0.276. The van der Waals surface area contributed by atoms with Crippen LogP contribution in [0.5, 0.6) is 0 Å². The number of rotatable bonds is 8. The van der Waals surface area contributed by atoms with Gasteiger partial charge in [-0.2, -0.15) is 25.3 Å². The third-order valence-electron chi connectivity index (χ3n) is 2.26. The van der Waals surface area contributed by atoms with Gasteiger partial charge in [0.15, 0.2) is 0 Å². The van der Waals surface area contributed by atoms with E-state index in [-0.39, 0.29) is 12.8 Å². The molecule has 0 aliphatic carbocycles. The quantitative estimate of drug-likeness (QED) is 0.265. The summed E-state index contributed by atoms with van der Waals surface area (Å²) in [6, 6.07) is 0. The molecule has 8 heteroatoms. The van der Waals surface area contributed by atoms with Gasteiger partial charge in [-0.1, -0.05) is 29.8 Å². The first-order valence-corrected chi connectivity index (χ1v) is 8.80. The predicted molar refractivity (Wildman–Crippen MR) is 88.4 cm³/mol. The van der Waals surface area contributed by atoms with E-state index in [4.69, 9.17) is 9.47 Å². The van der Waals surface area contributed by atoms with Crippen LogP contribution < -0.4 is 0 Å². The molecule has 0 atom stereocenters. The molecular formula is C11H18Br2O4S2. The predicted octanol–water partition coefficient (Wildman–Crippen LogP) is 3.18. The lowest BCUT2D eigenvalue weighted by molar-refractivity contribution is -0.217. The van der Waals surface area contributed by atoms with Crippen molar-refractivity contribution in [2.24, 2.45) is 5.41 Å². The van der Waals surface area contributed by atoms with Crippen LogP contribution in [0, 0.1) is 5.41 Å². The second kappa shape index (κ2) is 8.79. The Balaban J connectivity index is 5.02. The molecule has 4 nitrogen and oxygen atoms in total. The van der Waals surface area contributed by atoms with Gasteiger partial charge in [-0.25, -0.2) is 0 Å². The molecule has 0 aliphatic rings. The van der Waals surface area contributed by atoms with Crippen molar-refractivity contribution in [1.29, 1.82) is 0 Å².